The third-order valence-corrected chi connectivity index (χ3v) is 32.8. The van der Waals surface area contributed by atoms with Gasteiger partial charge in [-0.15, -0.1) is 5.92 Å². The molecule has 480 valence electrons. The number of likely N-dealkylation sites (N-methyl/N-ethyl adjacent to an activating group) is 1. The number of aldehydes is 1. The molecule has 6 N–H and O–H groups in total. The lowest BCUT2D eigenvalue weighted by molar-refractivity contribution is -0.450. The molecule has 12 fully saturated rings. The van der Waals surface area contributed by atoms with Crippen LogP contribution in [0.15, 0.2) is 96.6 Å². The Hall–Kier alpha value is -4.88. The van der Waals surface area contributed by atoms with Gasteiger partial charge in [0.05, 0.1) is 35.4 Å². The molecule has 0 unspecified atom stereocenters. The maximum absolute atomic E-state index is 16.8. The van der Waals surface area contributed by atoms with Gasteiger partial charge in [-0.2, -0.15) is 0 Å². The number of carbonyl (C=O) groups excluding carboxylic acids is 2. The quantitative estimate of drug-likeness (QED) is 0.0641. The molecule has 3 aromatic carbocycles. The monoisotopic (exact) mass is 1240 g/mol. The Morgan fingerprint density at radius 1 is 0.761 bits per heavy atom. The Morgan fingerprint density at radius 2 is 1.62 bits per heavy atom. The summed E-state index contributed by atoms with van der Waals surface area (Å²) in [5, 5.41) is 77.6. The van der Waals surface area contributed by atoms with Gasteiger partial charge in [-0.3, -0.25) is 0 Å². The van der Waals surface area contributed by atoms with E-state index in [4.69, 9.17) is 9.47 Å². The Balaban J connectivity index is 0.867. The van der Waals surface area contributed by atoms with Gasteiger partial charge in [-0.25, -0.2) is 4.79 Å². The lowest BCUT2D eigenvalue weighted by Crippen LogP contribution is -2.92. The van der Waals surface area contributed by atoms with E-state index in [-0.39, 0.29) is 83.7 Å². The number of carbonyl (C=O) groups is 2. The molecule has 0 radical (unpaired) electrons. The zero-order chi connectivity index (χ0) is 61.9. The number of hydrogen-bond acceptors (Lipinski definition) is 10. The minimum Gasteiger partial charge on any atom is -0.454 e. The molecule has 4 aliphatic heterocycles. The lowest BCUT2D eigenvalue weighted by atomic mass is 9.24. The van der Waals surface area contributed by atoms with Crippen LogP contribution in [-0.2, 0) is 44.9 Å². The molecule has 0 amide bonds. The normalized spacial score (nSPS) is 53.2. The molecular weight excluding hydrogens is 1140 g/mol. The molecule has 10 heteroatoms. The molecule has 15 aliphatic carbocycles. The number of aliphatic hydroxyl groups is 5. The van der Waals surface area contributed by atoms with Crippen LogP contribution in [-0.4, -0.2) is 91.6 Å². The van der Waals surface area contributed by atoms with Gasteiger partial charge in [0, 0.05) is 76.9 Å². The van der Waals surface area contributed by atoms with Gasteiger partial charge in [0.25, 0.3) is 0 Å². The summed E-state index contributed by atoms with van der Waals surface area (Å²) in [5.41, 5.74) is -3.82. The summed E-state index contributed by atoms with van der Waals surface area (Å²) in [4.78, 5) is 31.2. The number of benzene rings is 3. The first-order valence-electron chi connectivity index (χ1n) is 36.7. The standard InChI is InChI=1S/C82H93NO9/c1-83-67-36-59-50(16-8-19-54(59)43-84)15-5-6-26-75-41-53-18-10-21-58-57(49-13-3-2-4-14-49)24-27-74-28-25-63-65(38-64(58)74)79(74)44-77(45-85)71(53)81(89,80(75,88)42-55-34-61(67)70-62(69(55)75)37-68(86)91-70)72(87)66-35-60-52-17-9-20-56(60)51-23-22-47(33-51)31-46-11-7-12-48(32-46)39-78(63)30-29-76(40-52,73(79)92-78)82(66,77)90/h2-4,7-9,11-14,16-17,19,32,37,45,47,51-53,55-58,60-61,63-67,69-73,83-84,87-90H,6,20-31,33-36,38-44H2,1H3/t47-,51+,52-,53-,55+,56-,57-,58+,60+,61-,63-,64+,65+,66-,67-,69-,70-,71-,72+,73-,74+,75-,76+,77+,78-,79+,80-,81-,82+/m1/s1. The Labute approximate surface area is 542 Å². The van der Waals surface area contributed by atoms with Crippen molar-refractivity contribution in [3.8, 4) is 23.7 Å². The van der Waals surface area contributed by atoms with E-state index in [1.807, 2.05) is 25.2 Å². The fourth-order valence-electron chi connectivity index (χ4n) is 30.5. The van der Waals surface area contributed by atoms with Crippen molar-refractivity contribution in [2.75, 3.05) is 7.05 Å². The van der Waals surface area contributed by atoms with Gasteiger partial charge >= 0.3 is 5.97 Å². The van der Waals surface area contributed by atoms with Crippen molar-refractivity contribution < 1.29 is 44.6 Å². The largest absolute Gasteiger partial charge is 0.454 e. The van der Waals surface area contributed by atoms with Crippen molar-refractivity contribution >= 4 is 12.3 Å². The van der Waals surface area contributed by atoms with Gasteiger partial charge in [0.1, 0.15) is 23.6 Å². The molecule has 10 nitrogen and oxygen atoms in total. The summed E-state index contributed by atoms with van der Waals surface area (Å²) in [6.45, 7) is -0.138. The molecule has 0 aromatic heterocycles. The molecule has 4 heterocycles. The minimum atomic E-state index is -2.36. The van der Waals surface area contributed by atoms with E-state index in [9.17, 15) is 9.90 Å². The maximum Gasteiger partial charge on any atom is 0.331 e. The van der Waals surface area contributed by atoms with Crippen LogP contribution in [0.25, 0.3) is 0 Å². The molecule has 29 atom stereocenters. The van der Waals surface area contributed by atoms with E-state index in [0.717, 1.165) is 92.9 Å². The second-order valence-corrected chi connectivity index (χ2v) is 34.6. The third kappa shape index (κ3) is 6.60. The molecule has 19 aliphatic rings. The number of rotatable bonds is 4. The van der Waals surface area contributed by atoms with Gasteiger partial charge in [0.15, 0.2) is 0 Å². The van der Waals surface area contributed by atoms with Crippen LogP contribution in [0, 0.1) is 140 Å². The van der Waals surface area contributed by atoms with Crippen molar-refractivity contribution in [3.63, 3.8) is 0 Å². The average molecular weight is 1240 g/mol. The highest BCUT2D eigenvalue weighted by Crippen LogP contribution is 2.91. The number of esters is 1. The van der Waals surface area contributed by atoms with E-state index in [0.29, 0.717) is 76.0 Å². The maximum atomic E-state index is 16.8. The molecule has 2 saturated heterocycles. The van der Waals surface area contributed by atoms with E-state index in [1.165, 1.54) is 29.4 Å². The Bertz CT molecular complexity index is 3860. The topological polar surface area (TPSA) is 166 Å². The number of aliphatic hydroxyl groups excluding tert-OH is 2. The van der Waals surface area contributed by atoms with E-state index in [1.54, 1.807) is 6.08 Å². The Kier molecular flexibility index (Phi) is 12.0. The van der Waals surface area contributed by atoms with Crippen molar-refractivity contribution in [2.45, 2.75) is 207 Å². The molecule has 3 aromatic rings. The van der Waals surface area contributed by atoms with E-state index >= 15 is 25.2 Å². The van der Waals surface area contributed by atoms with Crippen LogP contribution < -0.4 is 5.32 Å². The highest BCUT2D eigenvalue weighted by molar-refractivity contribution is 5.86. The van der Waals surface area contributed by atoms with Crippen LogP contribution in [0.2, 0.25) is 0 Å². The first kappa shape index (κ1) is 57.4. The number of hydrogen-bond donors (Lipinski definition) is 6. The highest BCUT2D eigenvalue weighted by Gasteiger charge is 2.94. The second kappa shape index (κ2) is 19.2. The third-order valence-electron chi connectivity index (χ3n) is 32.8. The molecular formula is C82H93NO9. The summed E-state index contributed by atoms with van der Waals surface area (Å²) in [7, 11) is 1.96. The van der Waals surface area contributed by atoms with Crippen LogP contribution in [0.5, 0.6) is 0 Å². The van der Waals surface area contributed by atoms with Crippen LogP contribution in [0.3, 0.4) is 0 Å². The first-order valence-corrected chi connectivity index (χ1v) is 36.7. The van der Waals surface area contributed by atoms with Gasteiger partial charge in [0.2, 0.25) is 0 Å². The predicted molar refractivity (Wildman–Crippen MR) is 345 cm³/mol. The number of nitrogens with one attached hydrogen (secondary N) is 1. The average Bonchev–Trinajstić information content (AvgIpc) is 1.21. The number of fused-ring (bicyclic) bond motifs is 5. The lowest BCUT2D eigenvalue weighted by Gasteiger charge is -2.83. The number of allylic oxidation sites excluding steroid dienone is 2. The van der Waals surface area contributed by atoms with E-state index in [2.05, 4.69) is 95.7 Å². The zero-order valence-electron chi connectivity index (χ0n) is 53.6. The fraction of sp³-hybridized carbons (Fsp3) is 0.659. The minimum absolute atomic E-state index is 0.0516. The van der Waals surface area contributed by atoms with Crippen molar-refractivity contribution in [2.24, 2.45) is 116 Å². The molecule has 21 bridgehead atoms. The molecule has 10 saturated carbocycles. The molecule has 5 spiro atoms. The summed E-state index contributed by atoms with van der Waals surface area (Å²) in [6, 6.07) is 26.6. The molecule has 92 heavy (non-hydrogen) atoms. The summed E-state index contributed by atoms with van der Waals surface area (Å²) in [5.74, 6) is 13.6. The predicted octanol–water partition coefficient (Wildman–Crippen LogP) is 10.7. The SMILES string of the molecule is CN[C@@H]1Cc2c(cccc2CO)C#CCC[C@]23C[C@H]4C#CC[C@H]5[C@@H](c6ccccc6)CC[C@]67CC[C@@H]8[C@H](C[C@@H]56)[C@]75C[C@]6(C=O)[C@@H]4[C@@](O)([C@@H](O)[C@H]4C[C@@H]7[C@@H]9CC=C[C@@H]7C[C@]7(CC[C@]8(Cc8cccc(c8)C[C@H]8CC[C@H]9C8)O[C@H]75)[C@@]46O)[C@@]2(O)C[C@@H]2C[C@H]1[C@H]1OC(=O)C=C1[C@@H]23. The van der Waals surface area contributed by atoms with Crippen molar-refractivity contribution in [1.29, 1.82) is 0 Å². The van der Waals surface area contributed by atoms with Crippen molar-refractivity contribution in [1.82, 2.24) is 5.32 Å². The summed E-state index contributed by atoms with van der Waals surface area (Å²) < 4.78 is 15.3. The van der Waals surface area contributed by atoms with Crippen molar-refractivity contribution in [3.05, 3.63) is 130 Å². The van der Waals surface area contributed by atoms with Crippen LogP contribution in [0.1, 0.15) is 168 Å². The smallest absolute Gasteiger partial charge is 0.331 e. The van der Waals surface area contributed by atoms with Crippen LogP contribution in [0.4, 0.5) is 0 Å². The Morgan fingerprint density at radius 3 is 2.48 bits per heavy atom. The van der Waals surface area contributed by atoms with Gasteiger partial charge in [-0.1, -0.05) is 96.6 Å². The molecule has 22 rings (SSSR count). The second-order valence-electron chi connectivity index (χ2n) is 34.6. The van der Waals surface area contributed by atoms with E-state index < -0.39 is 92.0 Å². The van der Waals surface area contributed by atoms with Gasteiger partial charge in [-0.05, 0) is 251 Å². The van der Waals surface area contributed by atoms with Crippen LogP contribution >= 0.6 is 0 Å². The zero-order valence-corrected chi connectivity index (χ0v) is 53.6. The summed E-state index contributed by atoms with van der Waals surface area (Å²) in [6.07, 6.45) is 22.4. The van der Waals surface area contributed by atoms with Gasteiger partial charge < -0.3 is 45.1 Å². The first-order chi connectivity index (χ1) is 44.7. The number of ether oxygens (including phenoxy) is 2. The fourth-order valence-corrected chi connectivity index (χ4v) is 30.5. The summed E-state index contributed by atoms with van der Waals surface area (Å²) >= 11 is 0. The highest BCUT2D eigenvalue weighted by atomic mass is 16.5.